The van der Waals surface area contributed by atoms with Crippen LogP contribution in [0.1, 0.15) is 5.56 Å². The molecule has 1 aromatic heterocycles. The van der Waals surface area contributed by atoms with E-state index in [4.69, 9.17) is 9.26 Å². The van der Waals surface area contributed by atoms with Gasteiger partial charge in [0.2, 0.25) is 5.82 Å². The van der Waals surface area contributed by atoms with Crippen molar-refractivity contribution in [2.45, 2.75) is 6.54 Å². The molecule has 2 aromatic carbocycles. The van der Waals surface area contributed by atoms with E-state index < -0.39 is 4.92 Å². The predicted octanol–water partition coefficient (Wildman–Crippen LogP) is 3.27. The van der Waals surface area contributed by atoms with Crippen molar-refractivity contribution in [3.8, 4) is 17.1 Å². The van der Waals surface area contributed by atoms with Crippen molar-refractivity contribution in [2.24, 2.45) is 0 Å². The Morgan fingerprint density at radius 3 is 2.88 bits per heavy atom. The molecule has 122 valence electrons. The number of para-hydroxylation sites is 1. The van der Waals surface area contributed by atoms with E-state index in [-0.39, 0.29) is 18.2 Å². The summed E-state index contributed by atoms with van der Waals surface area (Å²) < 4.78 is 10.3. The molecule has 8 heteroatoms. The highest BCUT2D eigenvalue weighted by atomic mass is 16.6. The van der Waals surface area contributed by atoms with Crippen LogP contribution >= 0.6 is 0 Å². The molecule has 1 heterocycles. The quantitative estimate of drug-likeness (QED) is 0.547. The maximum Gasteiger partial charge on any atom is 0.322 e. The average Bonchev–Trinajstić information content (AvgIpc) is 3.09. The molecule has 0 atom stereocenters. The number of rotatable bonds is 6. The van der Waals surface area contributed by atoms with E-state index in [0.717, 1.165) is 5.56 Å². The van der Waals surface area contributed by atoms with Gasteiger partial charge in [-0.05, 0) is 12.1 Å². The van der Waals surface area contributed by atoms with Crippen molar-refractivity contribution < 1.29 is 14.2 Å². The van der Waals surface area contributed by atoms with E-state index in [2.05, 4.69) is 15.5 Å². The van der Waals surface area contributed by atoms with Crippen LogP contribution < -0.4 is 10.1 Å². The second-order valence-electron chi connectivity index (χ2n) is 4.89. The molecule has 8 nitrogen and oxygen atoms in total. The minimum Gasteiger partial charge on any atom is -0.497 e. The lowest BCUT2D eigenvalue weighted by Gasteiger charge is -2.02. The van der Waals surface area contributed by atoms with Gasteiger partial charge >= 0.3 is 6.01 Å². The van der Waals surface area contributed by atoms with Crippen LogP contribution in [0.2, 0.25) is 0 Å². The molecule has 24 heavy (non-hydrogen) atoms. The van der Waals surface area contributed by atoms with E-state index >= 15 is 0 Å². The maximum absolute atomic E-state index is 11.0. The number of hydrogen-bond acceptors (Lipinski definition) is 7. The van der Waals surface area contributed by atoms with Gasteiger partial charge in [-0.15, -0.1) is 0 Å². The minimum absolute atomic E-state index is 0.0394. The summed E-state index contributed by atoms with van der Waals surface area (Å²) in [4.78, 5) is 14.8. The van der Waals surface area contributed by atoms with Gasteiger partial charge in [-0.2, -0.15) is 4.98 Å². The van der Waals surface area contributed by atoms with Crippen LogP contribution in [0.15, 0.2) is 53.1 Å². The molecule has 1 N–H and O–H groups in total. The molecule has 0 bridgehead atoms. The zero-order valence-electron chi connectivity index (χ0n) is 12.8. The van der Waals surface area contributed by atoms with Gasteiger partial charge in [0.25, 0.3) is 5.69 Å². The summed E-state index contributed by atoms with van der Waals surface area (Å²) in [7, 11) is 1.58. The van der Waals surface area contributed by atoms with Crippen molar-refractivity contribution in [3.05, 3.63) is 64.2 Å². The molecule has 0 amide bonds. The number of nitrogens with zero attached hydrogens (tertiary/aromatic N) is 3. The number of nitro groups is 1. The minimum atomic E-state index is -0.424. The number of ether oxygens (including phenoxy) is 1. The molecule has 3 rings (SSSR count). The number of nitrogens with one attached hydrogen (secondary N) is 1. The summed E-state index contributed by atoms with van der Waals surface area (Å²) >= 11 is 0. The van der Waals surface area contributed by atoms with E-state index in [1.165, 1.54) is 6.07 Å². The third kappa shape index (κ3) is 3.32. The maximum atomic E-state index is 11.0. The highest BCUT2D eigenvalue weighted by Crippen LogP contribution is 2.23. The van der Waals surface area contributed by atoms with Gasteiger partial charge in [-0.3, -0.25) is 10.1 Å². The largest absolute Gasteiger partial charge is 0.497 e. The second kappa shape index (κ2) is 6.78. The van der Waals surface area contributed by atoms with Gasteiger partial charge in [0.05, 0.1) is 18.6 Å². The number of hydrogen-bond donors (Lipinski definition) is 1. The highest BCUT2D eigenvalue weighted by Gasteiger charge is 2.14. The van der Waals surface area contributed by atoms with Gasteiger partial charge in [0, 0.05) is 17.2 Å². The van der Waals surface area contributed by atoms with Crippen LogP contribution in [0.3, 0.4) is 0 Å². The second-order valence-corrected chi connectivity index (χ2v) is 4.89. The van der Waals surface area contributed by atoms with Crippen LogP contribution in [0, 0.1) is 10.1 Å². The predicted molar refractivity (Wildman–Crippen MR) is 86.7 cm³/mol. The lowest BCUT2D eigenvalue weighted by Crippen LogP contribution is -2.03. The van der Waals surface area contributed by atoms with E-state index in [9.17, 15) is 10.1 Å². The topological polar surface area (TPSA) is 103 Å². The Labute approximate surface area is 137 Å². The normalized spacial score (nSPS) is 10.4. The standard InChI is InChI=1S/C16H14N4O4/c1-23-13-7-4-6-11(9-13)15-18-16(24-19-15)17-10-12-5-2-3-8-14(12)20(21)22/h2-9H,10H2,1H3,(H,17,18,19). The first kappa shape index (κ1) is 15.5. The molecular formula is C16H14N4O4. The van der Waals surface area contributed by atoms with Gasteiger partial charge in [-0.1, -0.05) is 35.5 Å². The van der Waals surface area contributed by atoms with Crippen molar-refractivity contribution in [1.82, 2.24) is 10.1 Å². The summed E-state index contributed by atoms with van der Waals surface area (Å²) in [5.41, 5.74) is 1.32. The van der Waals surface area contributed by atoms with Gasteiger partial charge in [0.15, 0.2) is 0 Å². The monoisotopic (exact) mass is 326 g/mol. The number of aromatic nitrogens is 2. The van der Waals surface area contributed by atoms with Crippen molar-refractivity contribution >= 4 is 11.7 Å². The smallest absolute Gasteiger partial charge is 0.322 e. The lowest BCUT2D eigenvalue weighted by molar-refractivity contribution is -0.385. The molecule has 0 fully saturated rings. The molecule has 0 unspecified atom stereocenters. The first-order valence-electron chi connectivity index (χ1n) is 7.11. The number of anilines is 1. The number of methoxy groups -OCH3 is 1. The summed E-state index contributed by atoms with van der Waals surface area (Å²) in [6.45, 7) is 0.205. The Morgan fingerprint density at radius 1 is 1.25 bits per heavy atom. The summed E-state index contributed by atoms with van der Waals surface area (Å²) in [6, 6.07) is 13.9. The van der Waals surface area contributed by atoms with Crippen LogP contribution in [0.5, 0.6) is 5.75 Å². The first-order chi connectivity index (χ1) is 11.7. The average molecular weight is 326 g/mol. The molecule has 0 radical (unpaired) electrons. The van der Waals surface area contributed by atoms with E-state index in [1.54, 1.807) is 31.4 Å². The fraction of sp³-hybridized carbons (Fsp3) is 0.125. The van der Waals surface area contributed by atoms with Crippen LogP contribution in [0.25, 0.3) is 11.4 Å². The molecule has 0 saturated carbocycles. The van der Waals surface area contributed by atoms with Crippen LogP contribution in [0.4, 0.5) is 11.7 Å². The molecular weight excluding hydrogens is 312 g/mol. The fourth-order valence-electron chi connectivity index (χ4n) is 2.18. The van der Waals surface area contributed by atoms with E-state index in [0.29, 0.717) is 17.1 Å². The third-order valence-corrected chi connectivity index (χ3v) is 3.37. The molecule has 0 aliphatic heterocycles. The molecule has 3 aromatic rings. The SMILES string of the molecule is COc1cccc(-c2noc(NCc3ccccc3[N+](=O)[O-])n2)c1. The van der Waals surface area contributed by atoms with Gasteiger partial charge < -0.3 is 14.6 Å². The van der Waals surface area contributed by atoms with Gasteiger partial charge in [-0.25, -0.2) is 0 Å². The highest BCUT2D eigenvalue weighted by molar-refractivity contribution is 5.58. The Morgan fingerprint density at radius 2 is 2.08 bits per heavy atom. The van der Waals surface area contributed by atoms with Crippen molar-refractivity contribution in [1.29, 1.82) is 0 Å². The Hall–Kier alpha value is -3.42. The van der Waals surface area contributed by atoms with Crippen LogP contribution in [-0.2, 0) is 6.54 Å². The van der Waals surface area contributed by atoms with E-state index in [1.807, 2.05) is 18.2 Å². The molecule has 0 spiro atoms. The number of benzene rings is 2. The van der Waals surface area contributed by atoms with Crippen molar-refractivity contribution in [2.75, 3.05) is 12.4 Å². The Balaban J connectivity index is 1.74. The first-order valence-corrected chi connectivity index (χ1v) is 7.11. The zero-order chi connectivity index (χ0) is 16.9. The molecule has 0 aliphatic rings. The lowest BCUT2D eigenvalue weighted by atomic mass is 10.2. The Kier molecular flexibility index (Phi) is 4.37. The summed E-state index contributed by atoms with van der Waals surface area (Å²) in [5, 5.41) is 17.8. The van der Waals surface area contributed by atoms with Crippen LogP contribution in [-0.4, -0.2) is 22.2 Å². The third-order valence-electron chi connectivity index (χ3n) is 3.37. The number of nitro benzene ring substituents is 1. The summed E-state index contributed by atoms with van der Waals surface area (Å²) in [5.74, 6) is 1.09. The Bertz CT molecular complexity index is 863. The zero-order valence-corrected chi connectivity index (χ0v) is 12.8. The molecule has 0 aliphatic carbocycles. The molecule has 0 saturated heterocycles. The fourth-order valence-corrected chi connectivity index (χ4v) is 2.18. The van der Waals surface area contributed by atoms with Crippen molar-refractivity contribution in [3.63, 3.8) is 0 Å². The van der Waals surface area contributed by atoms with Gasteiger partial charge in [0.1, 0.15) is 5.75 Å². The summed E-state index contributed by atoms with van der Waals surface area (Å²) in [6.07, 6.45) is 0.